The molecule has 1 aliphatic heterocycles. The van der Waals surface area contributed by atoms with E-state index in [4.69, 9.17) is 0 Å². The lowest BCUT2D eigenvalue weighted by Gasteiger charge is -2.22. The lowest BCUT2D eigenvalue weighted by molar-refractivity contribution is -0.117. The van der Waals surface area contributed by atoms with Crippen molar-refractivity contribution in [3.63, 3.8) is 0 Å². The summed E-state index contributed by atoms with van der Waals surface area (Å²) in [4.78, 5) is 37.4. The lowest BCUT2D eigenvalue weighted by Crippen LogP contribution is -2.43. The first-order valence-corrected chi connectivity index (χ1v) is 10.3. The van der Waals surface area contributed by atoms with Crippen LogP contribution in [0.25, 0.3) is 0 Å². The van der Waals surface area contributed by atoms with E-state index in [1.165, 1.54) is 19.3 Å². The number of hydrogen-bond donors (Lipinski definition) is 3. The number of hydrogen-bond acceptors (Lipinski definition) is 3. The predicted octanol–water partition coefficient (Wildman–Crippen LogP) is 2.95. The van der Waals surface area contributed by atoms with E-state index in [1.54, 1.807) is 11.8 Å². The number of amides is 4. The van der Waals surface area contributed by atoms with Crippen molar-refractivity contribution in [2.75, 3.05) is 23.3 Å². The van der Waals surface area contributed by atoms with Gasteiger partial charge in [-0.2, -0.15) is 0 Å². The van der Waals surface area contributed by atoms with Crippen molar-refractivity contribution in [3.8, 4) is 0 Å². The molecule has 0 aromatic heterocycles. The normalized spacial score (nSPS) is 16.4. The molecule has 3 N–H and O–H groups in total. The minimum absolute atomic E-state index is 0.0376. The van der Waals surface area contributed by atoms with Gasteiger partial charge in [-0.05, 0) is 49.4 Å². The number of nitrogens with zero attached hydrogens (tertiary/aromatic N) is 1. The number of urea groups is 1. The van der Waals surface area contributed by atoms with Gasteiger partial charge in [0.1, 0.15) is 0 Å². The van der Waals surface area contributed by atoms with Crippen molar-refractivity contribution >= 4 is 29.2 Å². The summed E-state index contributed by atoms with van der Waals surface area (Å²) >= 11 is 0. The van der Waals surface area contributed by atoms with Gasteiger partial charge in [0, 0.05) is 43.9 Å². The van der Waals surface area contributed by atoms with Crippen molar-refractivity contribution in [2.45, 2.75) is 64.3 Å². The Morgan fingerprint density at radius 3 is 2.68 bits per heavy atom. The molecule has 3 rings (SSSR count). The predicted molar refractivity (Wildman–Crippen MR) is 109 cm³/mol. The molecule has 7 heteroatoms. The molecule has 0 unspecified atom stereocenters. The fourth-order valence-electron chi connectivity index (χ4n) is 3.96. The van der Waals surface area contributed by atoms with Crippen molar-refractivity contribution in [1.29, 1.82) is 0 Å². The molecule has 28 heavy (non-hydrogen) atoms. The third kappa shape index (κ3) is 5.47. The first kappa shape index (κ1) is 20.2. The highest BCUT2D eigenvalue weighted by atomic mass is 16.2. The Labute approximate surface area is 166 Å². The zero-order valence-corrected chi connectivity index (χ0v) is 16.6. The average Bonchev–Trinajstić information content (AvgIpc) is 3.09. The minimum Gasteiger partial charge on any atom is -0.338 e. The molecule has 0 radical (unpaired) electrons. The van der Waals surface area contributed by atoms with Crippen molar-refractivity contribution < 1.29 is 14.4 Å². The third-order valence-electron chi connectivity index (χ3n) is 5.45. The molecular formula is C21H30N4O3. The van der Waals surface area contributed by atoms with Gasteiger partial charge in [-0.1, -0.05) is 19.3 Å². The molecule has 0 spiro atoms. The number of nitrogens with one attached hydrogen (secondary N) is 3. The van der Waals surface area contributed by atoms with Gasteiger partial charge in [-0.15, -0.1) is 0 Å². The van der Waals surface area contributed by atoms with Gasteiger partial charge in [0.25, 0.3) is 0 Å². The summed E-state index contributed by atoms with van der Waals surface area (Å²) in [7, 11) is 0. The van der Waals surface area contributed by atoms with E-state index in [-0.39, 0.29) is 23.9 Å². The van der Waals surface area contributed by atoms with E-state index >= 15 is 0 Å². The molecule has 0 atom stereocenters. The molecule has 0 saturated heterocycles. The van der Waals surface area contributed by atoms with Gasteiger partial charge in [0.05, 0.1) is 0 Å². The van der Waals surface area contributed by atoms with Gasteiger partial charge in [-0.25, -0.2) is 4.79 Å². The molecule has 1 aromatic rings. The molecule has 0 bridgehead atoms. The van der Waals surface area contributed by atoms with Gasteiger partial charge in [0.15, 0.2) is 0 Å². The summed E-state index contributed by atoms with van der Waals surface area (Å²) in [5, 5.41) is 8.73. The SMILES string of the molecule is CC(=O)N1CCc2cc(NC(=O)CCCNC(=O)NC3CCCCC3)ccc21. The topological polar surface area (TPSA) is 90.5 Å². The van der Waals surface area contributed by atoms with E-state index < -0.39 is 0 Å². The minimum atomic E-state index is -0.138. The summed E-state index contributed by atoms with van der Waals surface area (Å²) in [6.45, 7) is 2.73. The maximum absolute atomic E-state index is 12.1. The largest absolute Gasteiger partial charge is 0.338 e. The zero-order valence-electron chi connectivity index (χ0n) is 16.6. The molecule has 1 heterocycles. The molecule has 1 saturated carbocycles. The van der Waals surface area contributed by atoms with Crippen LogP contribution in [0.5, 0.6) is 0 Å². The van der Waals surface area contributed by atoms with Crippen LogP contribution >= 0.6 is 0 Å². The quantitative estimate of drug-likeness (QED) is 0.657. The van der Waals surface area contributed by atoms with E-state index in [1.807, 2.05) is 18.2 Å². The van der Waals surface area contributed by atoms with E-state index in [9.17, 15) is 14.4 Å². The number of benzene rings is 1. The lowest BCUT2D eigenvalue weighted by atomic mass is 9.96. The molecule has 4 amide bonds. The monoisotopic (exact) mass is 386 g/mol. The molecule has 2 aliphatic rings. The Morgan fingerprint density at radius 2 is 1.93 bits per heavy atom. The fraction of sp³-hybridized carbons (Fsp3) is 0.571. The second-order valence-corrected chi connectivity index (χ2v) is 7.65. The highest BCUT2D eigenvalue weighted by molar-refractivity contribution is 5.95. The maximum Gasteiger partial charge on any atom is 0.315 e. The van der Waals surface area contributed by atoms with Gasteiger partial charge >= 0.3 is 6.03 Å². The number of rotatable bonds is 6. The smallest absolute Gasteiger partial charge is 0.315 e. The Hall–Kier alpha value is -2.57. The number of carbonyl (C=O) groups excluding carboxylic acids is 3. The average molecular weight is 386 g/mol. The van der Waals surface area contributed by atoms with Gasteiger partial charge < -0.3 is 20.9 Å². The molecule has 152 valence electrons. The highest BCUT2D eigenvalue weighted by Gasteiger charge is 2.22. The Morgan fingerprint density at radius 1 is 1.14 bits per heavy atom. The van der Waals surface area contributed by atoms with E-state index in [0.29, 0.717) is 25.9 Å². The Bertz CT molecular complexity index is 728. The third-order valence-corrected chi connectivity index (χ3v) is 5.45. The highest BCUT2D eigenvalue weighted by Crippen LogP contribution is 2.30. The molecule has 1 fully saturated rings. The van der Waals surface area contributed by atoms with Crippen molar-refractivity contribution in [3.05, 3.63) is 23.8 Å². The summed E-state index contributed by atoms with van der Waals surface area (Å²) in [5.41, 5.74) is 2.75. The number of carbonyl (C=O) groups is 3. The van der Waals surface area contributed by atoms with Crippen LogP contribution in [0.1, 0.15) is 57.4 Å². The number of anilines is 2. The van der Waals surface area contributed by atoms with Crippen LogP contribution in [0.3, 0.4) is 0 Å². The first-order valence-electron chi connectivity index (χ1n) is 10.3. The van der Waals surface area contributed by atoms with Crippen LogP contribution in [0, 0.1) is 0 Å². The standard InChI is InChI=1S/C21H30N4O3/c1-15(26)25-13-11-16-14-18(9-10-19(16)25)23-20(27)8-5-12-22-21(28)24-17-6-3-2-4-7-17/h9-10,14,17H,2-8,11-13H2,1H3,(H,23,27)(H2,22,24,28). The summed E-state index contributed by atoms with van der Waals surface area (Å²) in [6.07, 6.45) is 7.48. The summed E-state index contributed by atoms with van der Waals surface area (Å²) in [5.74, 6) is -0.0357. The van der Waals surface area contributed by atoms with Gasteiger partial charge in [-0.3, -0.25) is 9.59 Å². The van der Waals surface area contributed by atoms with E-state index in [0.717, 1.165) is 36.2 Å². The van der Waals surface area contributed by atoms with E-state index in [2.05, 4.69) is 16.0 Å². The van der Waals surface area contributed by atoms with Crippen LogP contribution in [-0.4, -0.2) is 37.0 Å². The second-order valence-electron chi connectivity index (χ2n) is 7.65. The van der Waals surface area contributed by atoms with Crippen LogP contribution in [0.2, 0.25) is 0 Å². The van der Waals surface area contributed by atoms with Crippen LogP contribution in [0.15, 0.2) is 18.2 Å². The molecular weight excluding hydrogens is 356 g/mol. The van der Waals surface area contributed by atoms with Crippen molar-refractivity contribution in [1.82, 2.24) is 10.6 Å². The fourth-order valence-corrected chi connectivity index (χ4v) is 3.96. The summed E-state index contributed by atoms with van der Waals surface area (Å²) < 4.78 is 0. The first-order chi connectivity index (χ1) is 13.5. The maximum atomic E-state index is 12.1. The van der Waals surface area contributed by atoms with Gasteiger partial charge in [0.2, 0.25) is 11.8 Å². The number of fused-ring (bicyclic) bond motifs is 1. The molecule has 1 aromatic carbocycles. The summed E-state index contributed by atoms with van der Waals surface area (Å²) in [6, 6.07) is 5.80. The van der Waals surface area contributed by atoms with Crippen LogP contribution in [-0.2, 0) is 16.0 Å². The van der Waals surface area contributed by atoms with Crippen LogP contribution < -0.4 is 20.9 Å². The second kappa shape index (κ2) is 9.57. The Kier molecular flexibility index (Phi) is 6.90. The molecule has 1 aliphatic carbocycles. The molecule has 7 nitrogen and oxygen atoms in total. The van der Waals surface area contributed by atoms with Crippen LogP contribution in [0.4, 0.5) is 16.2 Å². The zero-order chi connectivity index (χ0) is 19.9. The van der Waals surface area contributed by atoms with Crippen molar-refractivity contribution in [2.24, 2.45) is 0 Å². The Balaban J connectivity index is 1.36.